The summed E-state index contributed by atoms with van der Waals surface area (Å²) in [5.74, 6) is -0.375. The Morgan fingerprint density at radius 3 is 2.07 bits per heavy atom. The van der Waals surface area contributed by atoms with Crippen LogP contribution in [-0.2, 0) is 15.8 Å². The Morgan fingerprint density at radius 1 is 0.791 bits per heavy atom. The van der Waals surface area contributed by atoms with E-state index in [9.17, 15) is 27.2 Å². The second-order valence-electron chi connectivity index (χ2n) is 10.1. The molecular weight excluding hydrogens is 564 g/mol. The number of nitrogens with zero attached hydrogens (tertiary/aromatic N) is 2. The molecule has 6 rings (SSSR count). The van der Waals surface area contributed by atoms with Crippen LogP contribution in [0.5, 0.6) is 11.5 Å². The molecule has 0 bridgehead atoms. The number of alkyl halides is 3. The molecule has 2 heterocycles. The third kappa shape index (κ3) is 5.87. The van der Waals surface area contributed by atoms with E-state index in [0.717, 1.165) is 12.3 Å². The lowest BCUT2D eigenvalue weighted by Crippen LogP contribution is -2.35. The summed E-state index contributed by atoms with van der Waals surface area (Å²) in [5, 5.41) is 6.09. The Labute approximate surface area is 242 Å². The fraction of sp³-hybridized carbons (Fsp3) is 0.125. The molecule has 43 heavy (non-hydrogen) atoms. The van der Waals surface area contributed by atoms with Gasteiger partial charge in [0.15, 0.2) is 0 Å². The smallest absolute Gasteiger partial charge is 0.417 e. The molecule has 0 spiro atoms. The molecule has 0 saturated heterocycles. The zero-order valence-electron chi connectivity index (χ0n) is 22.3. The van der Waals surface area contributed by atoms with Crippen molar-refractivity contribution in [3.05, 3.63) is 109 Å². The molecule has 0 atom stereocenters. The van der Waals surface area contributed by atoms with Crippen molar-refractivity contribution < 1.29 is 31.9 Å². The number of hydrogen-bond acceptors (Lipinski definition) is 5. The van der Waals surface area contributed by atoms with Gasteiger partial charge in [-0.05, 0) is 91.2 Å². The zero-order chi connectivity index (χ0) is 30.2. The van der Waals surface area contributed by atoms with E-state index in [1.807, 2.05) is 0 Å². The predicted octanol–water partition coefficient (Wildman–Crippen LogP) is 7.60. The minimum atomic E-state index is -4.50. The fourth-order valence-corrected chi connectivity index (χ4v) is 4.59. The van der Waals surface area contributed by atoms with Crippen LogP contribution < -0.4 is 15.4 Å². The molecule has 2 aromatic heterocycles. The molecule has 3 aromatic carbocycles. The van der Waals surface area contributed by atoms with Gasteiger partial charge in [-0.25, -0.2) is 4.39 Å². The van der Waals surface area contributed by atoms with E-state index in [1.54, 1.807) is 48.5 Å². The number of rotatable bonds is 7. The van der Waals surface area contributed by atoms with Gasteiger partial charge < -0.3 is 15.4 Å². The predicted molar refractivity (Wildman–Crippen MR) is 152 cm³/mol. The summed E-state index contributed by atoms with van der Waals surface area (Å²) < 4.78 is 58.6. The third-order valence-corrected chi connectivity index (χ3v) is 7.16. The SMILES string of the molecule is O=C(Nc1ccc(F)cc1)C1(C(=O)Nc2ccc(Oc3ccnc4cc(-c5cncc(C(F)(F)F)c5)ccc34)cc2)CC1. The lowest BCUT2D eigenvalue weighted by molar-refractivity contribution is -0.138. The second-order valence-corrected chi connectivity index (χ2v) is 10.1. The molecule has 7 nitrogen and oxygen atoms in total. The lowest BCUT2D eigenvalue weighted by atomic mass is 10.0. The molecule has 2 N–H and O–H groups in total. The summed E-state index contributed by atoms with van der Waals surface area (Å²) in [7, 11) is 0. The Kier molecular flexibility index (Phi) is 7.01. The van der Waals surface area contributed by atoms with Crippen LogP contribution in [0, 0.1) is 11.2 Å². The molecule has 0 radical (unpaired) electrons. The molecule has 216 valence electrons. The third-order valence-electron chi connectivity index (χ3n) is 7.16. The van der Waals surface area contributed by atoms with Gasteiger partial charge in [-0.15, -0.1) is 0 Å². The number of fused-ring (bicyclic) bond motifs is 1. The van der Waals surface area contributed by atoms with Crippen LogP contribution in [-0.4, -0.2) is 21.8 Å². The van der Waals surface area contributed by atoms with Gasteiger partial charge in [0.2, 0.25) is 11.8 Å². The van der Waals surface area contributed by atoms with E-state index in [2.05, 4.69) is 20.6 Å². The number of benzene rings is 3. The van der Waals surface area contributed by atoms with Crippen LogP contribution in [0.2, 0.25) is 0 Å². The highest BCUT2D eigenvalue weighted by Gasteiger charge is 2.56. The molecule has 0 aliphatic heterocycles. The van der Waals surface area contributed by atoms with E-state index < -0.39 is 34.8 Å². The molecule has 0 unspecified atom stereocenters. The van der Waals surface area contributed by atoms with Gasteiger partial charge in [0.1, 0.15) is 22.7 Å². The van der Waals surface area contributed by atoms with Crippen molar-refractivity contribution in [2.24, 2.45) is 5.41 Å². The monoisotopic (exact) mass is 586 g/mol. The van der Waals surface area contributed by atoms with Gasteiger partial charge >= 0.3 is 6.18 Å². The zero-order valence-corrected chi connectivity index (χ0v) is 22.3. The maximum Gasteiger partial charge on any atom is 0.417 e. The highest BCUT2D eigenvalue weighted by Crippen LogP contribution is 2.47. The van der Waals surface area contributed by atoms with Crippen LogP contribution in [0.1, 0.15) is 18.4 Å². The van der Waals surface area contributed by atoms with Gasteiger partial charge in [0, 0.05) is 40.9 Å². The van der Waals surface area contributed by atoms with Crippen molar-refractivity contribution >= 4 is 34.1 Å². The number of halogens is 4. The van der Waals surface area contributed by atoms with Gasteiger partial charge in [-0.3, -0.25) is 19.6 Å². The number of amides is 2. The van der Waals surface area contributed by atoms with Crippen molar-refractivity contribution in [3.63, 3.8) is 0 Å². The van der Waals surface area contributed by atoms with Crippen LogP contribution >= 0.6 is 0 Å². The first kappa shape index (κ1) is 27.8. The van der Waals surface area contributed by atoms with Gasteiger partial charge in [0.05, 0.1) is 11.1 Å². The number of pyridine rings is 2. The molecule has 11 heteroatoms. The molecule has 1 fully saturated rings. The van der Waals surface area contributed by atoms with Crippen molar-refractivity contribution in [2.75, 3.05) is 10.6 Å². The number of carbonyl (C=O) groups is 2. The Balaban J connectivity index is 1.14. The average molecular weight is 587 g/mol. The minimum Gasteiger partial charge on any atom is -0.457 e. The summed E-state index contributed by atoms with van der Waals surface area (Å²) in [6.45, 7) is 0. The first-order valence-electron chi connectivity index (χ1n) is 13.2. The minimum absolute atomic E-state index is 0.309. The highest BCUT2D eigenvalue weighted by atomic mass is 19.4. The van der Waals surface area contributed by atoms with E-state index in [4.69, 9.17) is 4.74 Å². The molecule has 2 amide bonds. The molecular formula is C32H22F4N4O3. The van der Waals surface area contributed by atoms with Gasteiger partial charge in [-0.1, -0.05) is 6.07 Å². The number of aromatic nitrogens is 2. The standard InChI is InChI=1S/C32H22F4N4O3/c33-22-2-4-23(5-3-22)39-29(41)31(12-13-31)30(42)40-24-6-8-25(9-7-24)43-28-11-14-38-27-16-19(1-10-26(27)28)20-15-21(18-37-17-20)32(34,35)36/h1-11,14-18H,12-13H2,(H,39,41)(H,40,42). The van der Waals surface area contributed by atoms with Gasteiger partial charge in [0.25, 0.3) is 0 Å². The Bertz CT molecular complexity index is 1840. The summed E-state index contributed by atoms with van der Waals surface area (Å²) in [6, 6.07) is 19.7. The molecule has 5 aromatic rings. The van der Waals surface area contributed by atoms with Crippen LogP contribution in [0.15, 0.2) is 97.5 Å². The average Bonchev–Trinajstić information content (AvgIpc) is 3.81. The van der Waals surface area contributed by atoms with E-state index in [0.29, 0.717) is 57.7 Å². The summed E-state index contributed by atoms with van der Waals surface area (Å²) in [4.78, 5) is 33.8. The number of nitrogens with one attached hydrogen (secondary N) is 2. The maximum atomic E-state index is 13.2. The van der Waals surface area contributed by atoms with Gasteiger partial charge in [-0.2, -0.15) is 13.2 Å². The second kappa shape index (κ2) is 10.8. The normalized spacial score (nSPS) is 13.8. The van der Waals surface area contributed by atoms with Crippen LogP contribution in [0.4, 0.5) is 28.9 Å². The Morgan fingerprint density at radius 2 is 1.44 bits per heavy atom. The summed E-state index contributed by atoms with van der Waals surface area (Å²) in [6.07, 6.45) is -0.0338. The highest BCUT2D eigenvalue weighted by molar-refractivity contribution is 6.16. The molecule has 1 aliphatic rings. The van der Waals surface area contributed by atoms with Crippen molar-refractivity contribution in [1.29, 1.82) is 0 Å². The van der Waals surface area contributed by atoms with E-state index in [-0.39, 0.29) is 0 Å². The number of carbonyl (C=O) groups excluding carboxylic acids is 2. The van der Waals surface area contributed by atoms with E-state index >= 15 is 0 Å². The largest absolute Gasteiger partial charge is 0.457 e. The molecule has 1 saturated carbocycles. The molecule has 1 aliphatic carbocycles. The number of anilines is 2. The van der Waals surface area contributed by atoms with Crippen molar-refractivity contribution in [1.82, 2.24) is 9.97 Å². The first-order valence-corrected chi connectivity index (χ1v) is 13.2. The number of hydrogen-bond donors (Lipinski definition) is 2. The maximum absolute atomic E-state index is 13.2. The number of ether oxygens (including phenoxy) is 1. The topological polar surface area (TPSA) is 93.2 Å². The summed E-state index contributed by atoms with van der Waals surface area (Å²) in [5.41, 5.74) is 0.193. The van der Waals surface area contributed by atoms with Crippen molar-refractivity contribution in [3.8, 4) is 22.6 Å². The van der Waals surface area contributed by atoms with Crippen molar-refractivity contribution in [2.45, 2.75) is 19.0 Å². The quantitative estimate of drug-likeness (QED) is 0.151. The summed E-state index contributed by atoms with van der Waals surface area (Å²) >= 11 is 0. The Hall–Kier alpha value is -5.32. The van der Waals surface area contributed by atoms with E-state index in [1.165, 1.54) is 36.7 Å². The van der Waals surface area contributed by atoms with Crippen LogP contribution in [0.25, 0.3) is 22.0 Å². The fourth-order valence-electron chi connectivity index (χ4n) is 4.59. The lowest BCUT2D eigenvalue weighted by Gasteiger charge is -2.16. The first-order chi connectivity index (χ1) is 20.6. The van der Waals surface area contributed by atoms with Crippen LogP contribution in [0.3, 0.4) is 0 Å².